The number of hydrogen-bond donors (Lipinski definition) is 1. The highest BCUT2D eigenvalue weighted by Crippen LogP contribution is 2.29. The standard InChI is InChI=1S/C24H22F3N5O3/c25-24(26,27)19-3-1-2-18(14-19)23(33)29-20-6-9-22(28-15-20)31-12-10-30(11-13-31)16-17-4-7-21(8-5-17)32(34)35/h1-9,14-15H,10-13,16H2,(H,29,33). The number of nitrogens with one attached hydrogen (secondary N) is 1. The van der Waals surface area contributed by atoms with Crippen molar-refractivity contribution in [3.05, 3.63) is 93.7 Å². The normalized spacial score (nSPS) is 14.5. The molecule has 1 aromatic heterocycles. The molecule has 1 amide bonds. The maximum atomic E-state index is 12.9. The van der Waals surface area contributed by atoms with Gasteiger partial charge < -0.3 is 10.2 Å². The number of piperazine rings is 1. The smallest absolute Gasteiger partial charge is 0.354 e. The first-order chi connectivity index (χ1) is 16.7. The first-order valence-corrected chi connectivity index (χ1v) is 10.8. The van der Waals surface area contributed by atoms with Crippen LogP contribution in [0.15, 0.2) is 66.9 Å². The van der Waals surface area contributed by atoms with E-state index in [0.717, 1.165) is 49.7 Å². The quantitative estimate of drug-likeness (QED) is 0.406. The Kier molecular flexibility index (Phi) is 6.97. The molecule has 0 saturated carbocycles. The number of aromatic nitrogens is 1. The highest BCUT2D eigenvalue weighted by Gasteiger charge is 2.31. The van der Waals surface area contributed by atoms with Crippen molar-refractivity contribution in [1.82, 2.24) is 9.88 Å². The summed E-state index contributed by atoms with van der Waals surface area (Å²) in [7, 11) is 0. The molecule has 1 aliphatic rings. The molecule has 0 bridgehead atoms. The number of pyridine rings is 1. The minimum Gasteiger partial charge on any atom is -0.354 e. The van der Waals surface area contributed by atoms with Crippen molar-refractivity contribution in [3.63, 3.8) is 0 Å². The number of nitrogens with zero attached hydrogens (tertiary/aromatic N) is 4. The molecule has 0 aliphatic carbocycles. The van der Waals surface area contributed by atoms with Gasteiger partial charge in [-0.1, -0.05) is 18.2 Å². The van der Waals surface area contributed by atoms with Gasteiger partial charge in [0.25, 0.3) is 11.6 Å². The Hall–Kier alpha value is -3.99. The molecule has 8 nitrogen and oxygen atoms in total. The summed E-state index contributed by atoms with van der Waals surface area (Å²) in [6.45, 7) is 3.73. The number of nitro benzene ring substituents is 1. The summed E-state index contributed by atoms with van der Waals surface area (Å²) in [4.78, 5) is 31.5. The van der Waals surface area contributed by atoms with Gasteiger partial charge in [-0.15, -0.1) is 0 Å². The van der Waals surface area contributed by atoms with Crippen LogP contribution in [0.5, 0.6) is 0 Å². The number of carbonyl (C=O) groups excluding carboxylic acids is 1. The molecule has 4 rings (SSSR count). The lowest BCUT2D eigenvalue weighted by Crippen LogP contribution is -2.46. The van der Waals surface area contributed by atoms with Gasteiger partial charge in [-0.2, -0.15) is 13.2 Å². The summed E-state index contributed by atoms with van der Waals surface area (Å²) < 4.78 is 38.6. The molecule has 0 atom stereocenters. The van der Waals surface area contributed by atoms with E-state index in [-0.39, 0.29) is 11.3 Å². The number of alkyl halides is 3. The Morgan fingerprint density at radius 2 is 1.74 bits per heavy atom. The van der Waals surface area contributed by atoms with E-state index in [2.05, 4.69) is 20.1 Å². The minimum atomic E-state index is -4.52. The average molecular weight is 485 g/mol. The highest BCUT2D eigenvalue weighted by molar-refractivity contribution is 6.04. The van der Waals surface area contributed by atoms with Crippen LogP contribution in [0.2, 0.25) is 0 Å². The molecule has 0 radical (unpaired) electrons. The summed E-state index contributed by atoms with van der Waals surface area (Å²) in [5, 5.41) is 13.4. The number of halogens is 3. The maximum Gasteiger partial charge on any atom is 0.416 e. The third-order valence-electron chi connectivity index (χ3n) is 5.71. The number of carbonyl (C=O) groups is 1. The Morgan fingerprint density at radius 3 is 2.34 bits per heavy atom. The van der Waals surface area contributed by atoms with E-state index in [4.69, 9.17) is 0 Å². The van der Waals surface area contributed by atoms with E-state index in [0.29, 0.717) is 12.2 Å². The number of amides is 1. The van der Waals surface area contributed by atoms with Gasteiger partial charge in [0.2, 0.25) is 0 Å². The Morgan fingerprint density at radius 1 is 1.03 bits per heavy atom. The number of rotatable bonds is 6. The van der Waals surface area contributed by atoms with E-state index in [1.807, 2.05) is 0 Å². The van der Waals surface area contributed by atoms with E-state index in [1.54, 1.807) is 24.3 Å². The minimum absolute atomic E-state index is 0.0686. The molecule has 1 fully saturated rings. The fourth-order valence-electron chi connectivity index (χ4n) is 3.80. The van der Waals surface area contributed by atoms with Crippen LogP contribution in [0.4, 0.5) is 30.4 Å². The molecule has 11 heteroatoms. The SMILES string of the molecule is O=C(Nc1ccc(N2CCN(Cc3ccc([N+](=O)[O-])cc3)CC2)nc1)c1cccc(C(F)(F)F)c1. The molecule has 0 spiro atoms. The van der Waals surface area contributed by atoms with Crippen molar-refractivity contribution >= 4 is 23.1 Å². The summed E-state index contributed by atoms with van der Waals surface area (Å²) in [6, 6.07) is 14.2. The molecule has 1 aliphatic heterocycles. The van der Waals surface area contributed by atoms with Crippen LogP contribution < -0.4 is 10.2 Å². The van der Waals surface area contributed by atoms with Gasteiger partial charge in [0.1, 0.15) is 5.82 Å². The Labute approximate surface area is 199 Å². The molecule has 1 N–H and O–H groups in total. The maximum absolute atomic E-state index is 12.9. The van der Waals surface area contributed by atoms with Crippen LogP contribution >= 0.6 is 0 Å². The number of hydrogen-bond acceptors (Lipinski definition) is 6. The van der Waals surface area contributed by atoms with E-state index in [1.165, 1.54) is 30.5 Å². The summed E-state index contributed by atoms with van der Waals surface area (Å²) in [6.07, 6.45) is -3.05. The van der Waals surface area contributed by atoms with E-state index >= 15 is 0 Å². The molecule has 3 aromatic rings. The number of anilines is 2. The van der Waals surface area contributed by atoms with Crippen LogP contribution in [0.1, 0.15) is 21.5 Å². The van der Waals surface area contributed by atoms with Crippen LogP contribution in [-0.4, -0.2) is 46.9 Å². The second-order valence-electron chi connectivity index (χ2n) is 8.12. The lowest BCUT2D eigenvalue weighted by atomic mass is 10.1. The molecular weight excluding hydrogens is 463 g/mol. The fraction of sp³-hybridized carbons (Fsp3) is 0.250. The first-order valence-electron chi connectivity index (χ1n) is 10.8. The average Bonchev–Trinajstić information content (AvgIpc) is 2.85. The zero-order valence-electron chi connectivity index (χ0n) is 18.5. The third kappa shape index (κ3) is 6.12. The van der Waals surface area contributed by atoms with Gasteiger partial charge in [-0.05, 0) is 35.9 Å². The van der Waals surface area contributed by atoms with Crippen molar-refractivity contribution < 1.29 is 22.9 Å². The third-order valence-corrected chi connectivity index (χ3v) is 5.71. The molecule has 1 saturated heterocycles. The zero-order chi connectivity index (χ0) is 25.0. The zero-order valence-corrected chi connectivity index (χ0v) is 18.5. The highest BCUT2D eigenvalue weighted by atomic mass is 19.4. The molecule has 182 valence electrons. The van der Waals surface area contributed by atoms with Gasteiger partial charge in [0.15, 0.2) is 0 Å². The van der Waals surface area contributed by atoms with Gasteiger partial charge in [-0.25, -0.2) is 4.98 Å². The van der Waals surface area contributed by atoms with Crippen molar-refractivity contribution in [3.8, 4) is 0 Å². The van der Waals surface area contributed by atoms with Gasteiger partial charge in [0, 0.05) is 50.4 Å². The lowest BCUT2D eigenvalue weighted by molar-refractivity contribution is -0.384. The van der Waals surface area contributed by atoms with Crippen molar-refractivity contribution in [1.29, 1.82) is 0 Å². The number of nitro groups is 1. The Balaban J connectivity index is 1.30. The first kappa shape index (κ1) is 24.1. The molecule has 35 heavy (non-hydrogen) atoms. The van der Waals surface area contributed by atoms with Crippen LogP contribution in [-0.2, 0) is 12.7 Å². The van der Waals surface area contributed by atoms with Gasteiger partial charge in [-0.3, -0.25) is 19.8 Å². The molecule has 2 aromatic carbocycles. The topological polar surface area (TPSA) is 91.6 Å². The monoisotopic (exact) mass is 485 g/mol. The summed E-state index contributed by atoms with van der Waals surface area (Å²) in [5.74, 6) is 0.0857. The predicted molar refractivity (Wildman–Crippen MR) is 124 cm³/mol. The Bertz CT molecular complexity index is 1190. The second kappa shape index (κ2) is 10.1. The fourth-order valence-corrected chi connectivity index (χ4v) is 3.80. The lowest BCUT2D eigenvalue weighted by Gasteiger charge is -2.35. The summed E-state index contributed by atoms with van der Waals surface area (Å²) in [5.41, 5.74) is 0.481. The van der Waals surface area contributed by atoms with Crippen molar-refractivity contribution in [2.24, 2.45) is 0 Å². The van der Waals surface area contributed by atoms with E-state index < -0.39 is 22.6 Å². The number of non-ortho nitro benzene ring substituents is 1. The molecule has 0 unspecified atom stereocenters. The predicted octanol–water partition coefficient (Wildman–Crippen LogP) is 4.58. The molecule has 2 heterocycles. The largest absolute Gasteiger partial charge is 0.416 e. The van der Waals surface area contributed by atoms with Gasteiger partial charge >= 0.3 is 6.18 Å². The van der Waals surface area contributed by atoms with Crippen molar-refractivity contribution in [2.75, 3.05) is 36.4 Å². The van der Waals surface area contributed by atoms with Crippen LogP contribution in [0.3, 0.4) is 0 Å². The second-order valence-corrected chi connectivity index (χ2v) is 8.12. The van der Waals surface area contributed by atoms with Crippen molar-refractivity contribution in [2.45, 2.75) is 12.7 Å². The molecular formula is C24H22F3N5O3. The summed E-state index contributed by atoms with van der Waals surface area (Å²) >= 11 is 0. The van der Waals surface area contributed by atoms with Crippen LogP contribution in [0, 0.1) is 10.1 Å². The van der Waals surface area contributed by atoms with Crippen LogP contribution in [0.25, 0.3) is 0 Å². The van der Waals surface area contributed by atoms with E-state index in [9.17, 15) is 28.1 Å². The number of benzene rings is 2. The van der Waals surface area contributed by atoms with Gasteiger partial charge in [0.05, 0.1) is 22.4 Å².